The van der Waals surface area contributed by atoms with Crippen molar-refractivity contribution in [1.29, 1.82) is 0 Å². The van der Waals surface area contributed by atoms with E-state index in [1.807, 2.05) is 6.07 Å². The normalized spacial score (nSPS) is 18.1. The molecular weight excluding hydrogens is 408 g/mol. The monoisotopic (exact) mass is 426 g/mol. The van der Waals surface area contributed by atoms with Gasteiger partial charge in [0.2, 0.25) is 11.8 Å². The van der Waals surface area contributed by atoms with Gasteiger partial charge < -0.3 is 15.5 Å². The van der Waals surface area contributed by atoms with Crippen LogP contribution in [0.4, 0.5) is 10.5 Å². The molecule has 1 fully saturated rings. The van der Waals surface area contributed by atoms with Crippen LogP contribution < -0.4 is 16.0 Å². The number of imide groups is 1. The first kappa shape index (κ1) is 19.9. The van der Waals surface area contributed by atoms with Crippen molar-refractivity contribution in [2.24, 2.45) is 0 Å². The van der Waals surface area contributed by atoms with E-state index in [9.17, 15) is 19.2 Å². The highest BCUT2D eigenvalue weighted by Crippen LogP contribution is 2.29. The minimum absolute atomic E-state index is 0.204. The lowest BCUT2D eigenvalue weighted by atomic mass is 10.0. The lowest BCUT2D eigenvalue weighted by Gasteiger charge is -2.29. The van der Waals surface area contributed by atoms with Gasteiger partial charge in [0.05, 0.1) is 0 Å². The van der Waals surface area contributed by atoms with Gasteiger partial charge in [0, 0.05) is 35.8 Å². The fourth-order valence-corrected chi connectivity index (χ4v) is 3.83. The Morgan fingerprint density at radius 1 is 1.13 bits per heavy atom. The summed E-state index contributed by atoms with van der Waals surface area (Å²) in [7, 11) is 0. The average Bonchev–Trinajstić information content (AvgIpc) is 3.05. The van der Waals surface area contributed by atoms with Gasteiger partial charge in [-0.2, -0.15) is 0 Å². The van der Waals surface area contributed by atoms with Crippen molar-refractivity contribution in [3.8, 4) is 0 Å². The van der Waals surface area contributed by atoms with Crippen LogP contribution in [-0.2, 0) is 22.7 Å². The van der Waals surface area contributed by atoms with Gasteiger partial charge in [0.25, 0.3) is 5.91 Å². The van der Waals surface area contributed by atoms with Crippen molar-refractivity contribution in [3.63, 3.8) is 0 Å². The molecule has 1 saturated heterocycles. The number of nitrogens with zero attached hydrogens (tertiary/aromatic N) is 1. The van der Waals surface area contributed by atoms with Gasteiger partial charge in [-0.3, -0.25) is 19.7 Å². The van der Waals surface area contributed by atoms with E-state index in [1.165, 1.54) is 4.90 Å². The summed E-state index contributed by atoms with van der Waals surface area (Å²) in [6.45, 7) is 0.482. The van der Waals surface area contributed by atoms with Crippen LogP contribution in [0.2, 0.25) is 5.02 Å². The van der Waals surface area contributed by atoms with E-state index in [1.54, 1.807) is 36.4 Å². The smallest absolute Gasteiger partial charge is 0.319 e. The Hall–Kier alpha value is -3.39. The molecule has 5 amide bonds. The van der Waals surface area contributed by atoms with Gasteiger partial charge >= 0.3 is 6.03 Å². The third-order valence-corrected chi connectivity index (χ3v) is 5.47. The minimum Gasteiger partial charge on any atom is -0.334 e. The fourth-order valence-electron chi connectivity index (χ4n) is 3.70. The van der Waals surface area contributed by atoms with Gasteiger partial charge in [-0.05, 0) is 47.9 Å². The molecule has 2 aliphatic rings. The van der Waals surface area contributed by atoms with E-state index in [-0.39, 0.29) is 37.4 Å². The third kappa shape index (κ3) is 3.99. The largest absolute Gasteiger partial charge is 0.334 e. The summed E-state index contributed by atoms with van der Waals surface area (Å²) in [4.78, 5) is 50.1. The first-order valence-electron chi connectivity index (χ1n) is 9.48. The number of urea groups is 1. The molecule has 0 aliphatic carbocycles. The predicted molar refractivity (Wildman–Crippen MR) is 110 cm³/mol. The van der Waals surface area contributed by atoms with Crippen molar-refractivity contribution in [1.82, 2.24) is 15.5 Å². The maximum absolute atomic E-state index is 12.8. The van der Waals surface area contributed by atoms with Crippen LogP contribution in [-0.4, -0.2) is 34.7 Å². The summed E-state index contributed by atoms with van der Waals surface area (Å²) in [6, 6.07) is 11.0. The second-order valence-electron chi connectivity index (χ2n) is 7.16. The second-order valence-corrected chi connectivity index (χ2v) is 7.59. The summed E-state index contributed by atoms with van der Waals surface area (Å²) >= 11 is 5.84. The zero-order valence-electron chi connectivity index (χ0n) is 15.9. The molecule has 0 aromatic heterocycles. The number of anilines is 1. The number of carbonyl (C=O) groups is 4. The van der Waals surface area contributed by atoms with Crippen LogP contribution >= 0.6 is 11.6 Å². The Labute approximate surface area is 177 Å². The second kappa shape index (κ2) is 8.16. The van der Waals surface area contributed by atoms with Gasteiger partial charge in [-0.25, -0.2) is 4.79 Å². The molecule has 4 rings (SSSR count). The molecule has 0 spiro atoms. The summed E-state index contributed by atoms with van der Waals surface area (Å²) in [5.41, 5.74) is 2.69. The van der Waals surface area contributed by atoms with Crippen LogP contribution in [0.1, 0.15) is 34.3 Å². The molecule has 8 nitrogen and oxygen atoms in total. The predicted octanol–water partition coefficient (Wildman–Crippen LogP) is 2.42. The number of benzene rings is 2. The topological polar surface area (TPSA) is 108 Å². The number of halogens is 1. The van der Waals surface area contributed by atoms with Gasteiger partial charge in [0.15, 0.2) is 0 Å². The highest BCUT2D eigenvalue weighted by atomic mass is 35.5. The molecule has 2 aromatic carbocycles. The van der Waals surface area contributed by atoms with Gasteiger partial charge in [-0.1, -0.05) is 23.7 Å². The molecular formula is C21H19ClN4O4. The number of rotatable bonds is 4. The quantitative estimate of drug-likeness (QED) is 0.652. The molecule has 1 unspecified atom stereocenters. The number of nitrogens with one attached hydrogen (secondary N) is 3. The van der Waals surface area contributed by atoms with Crippen molar-refractivity contribution in [2.45, 2.75) is 32.0 Å². The van der Waals surface area contributed by atoms with Crippen LogP contribution in [0.5, 0.6) is 0 Å². The number of hydrogen-bond acceptors (Lipinski definition) is 4. The van der Waals surface area contributed by atoms with E-state index in [2.05, 4.69) is 16.0 Å². The molecule has 9 heteroatoms. The Bertz CT molecular complexity index is 1040. The summed E-state index contributed by atoms with van der Waals surface area (Å²) in [5.74, 6) is -1.02. The Morgan fingerprint density at radius 3 is 2.63 bits per heavy atom. The summed E-state index contributed by atoms with van der Waals surface area (Å²) in [6.07, 6.45) is 0.511. The van der Waals surface area contributed by atoms with E-state index < -0.39 is 11.9 Å². The van der Waals surface area contributed by atoms with Gasteiger partial charge in [0.1, 0.15) is 6.04 Å². The Balaban J connectivity index is 1.43. The number of carbonyl (C=O) groups excluding carboxylic acids is 4. The van der Waals surface area contributed by atoms with Crippen molar-refractivity contribution < 1.29 is 19.2 Å². The minimum atomic E-state index is -0.670. The van der Waals surface area contributed by atoms with E-state index in [0.29, 0.717) is 22.7 Å². The molecule has 1 atom stereocenters. The SMILES string of the molecule is O=C1CCC(N2Cc3c(CNC(=O)Nc4ccc(Cl)cc4)cccc3C2=O)C(=O)N1. The summed E-state index contributed by atoms with van der Waals surface area (Å²) in [5, 5.41) is 8.36. The van der Waals surface area contributed by atoms with Crippen molar-refractivity contribution in [3.05, 3.63) is 64.2 Å². The third-order valence-electron chi connectivity index (χ3n) is 5.22. The lowest BCUT2D eigenvalue weighted by Crippen LogP contribution is -2.52. The van der Waals surface area contributed by atoms with Crippen LogP contribution in [0.3, 0.4) is 0 Å². The zero-order chi connectivity index (χ0) is 21.3. The highest BCUT2D eigenvalue weighted by molar-refractivity contribution is 6.30. The maximum Gasteiger partial charge on any atom is 0.319 e. The first-order valence-corrected chi connectivity index (χ1v) is 9.86. The molecule has 0 radical (unpaired) electrons. The van der Waals surface area contributed by atoms with Crippen LogP contribution in [0, 0.1) is 0 Å². The van der Waals surface area contributed by atoms with E-state index in [4.69, 9.17) is 11.6 Å². The van der Waals surface area contributed by atoms with Crippen LogP contribution in [0.25, 0.3) is 0 Å². The molecule has 3 N–H and O–H groups in total. The van der Waals surface area contributed by atoms with Crippen LogP contribution in [0.15, 0.2) is 42.5 Å². The molecule has 0 bridgehead atoms. The molecule has 2 aromatic rings. The maximum atomic E-state index is 12.8. The molecule has 2 aliphatic heterocycles. The van der Waals surface area contributed by atoms with E-state index >= 15 is 0 Å². The Kier molecular flexibility index (Phi) is 5.41. The molecule has 154 valence electrons. The first-order chi connectivity index (χ1) is 14.4. The van der Waals surface area contributed by atoms with Crippen molar-refractivity contribution >= 4 is 41.0 Å². The highest BCUT2D eigenvalue weighted by Gasteiger charge is 2.39. The molecule has 0 saturated carbocycles. The average molecular weight is 427 g/mol. The number of hydrogen-bond donors (Lipinski definition) is 3. The lowest BCUT2D eigenvalue weighted by molar-refractivity contribution is -0.136. The van der Waals surface area contributed by atoms with Gasteiger partial charge in [-0.15, -0.1) is 0 Å². The van der Waals surface area contributed by atoms with Crippen molar-refractivity contribution in [2.75, 3.05) is 5.32 Å². The number of piperidine rings is 1. The molecule has 30 heavy (non-hydrogen) atoms. The molecule has 2 heterocycles. The number of amides is 5. The van der Waals surface area contributed by atoms with E-state index in [0.717, 1.165) is 11.1 Å². The summed E-state index contributed by atoms with van der Waals surface area (Å²) < 4.78 is 0. The standard InChI is InChI=1S/C21H19ClN4O4/c22-13-4-6-14(7-5-13)24-21(30)23-10-12-2-1-3-15-16(12)11-26(20(15)29)17-8-9-18(27)25-19(17)28/h1-7,17H,8-11H2,(H2,23,24,30)(H,25,27,28). The fraction of sp³-hybridized carbons (Fsp3) is 0.238. The Morgan fingerprint density at radius 2 is 1.90 bits per heavy atom. The zero-order valence-corrected chi connectivity index (χ0v) is 16.7. The number of fused-ring (bicyclic) bond motifs is 1.